The molecule has 1 aromatic carbocycles. The molecular formula is C16H23NO3. The molecule has 0 aliphatic heterocycles. The van der Waals surface area contributed by atoms with Gasteiger partial charge >= 0.3 is 5.97 Å². The lowest BCUT2D eigenvalue weighted by Crippen LogP contribution is -2.18. The first-order chi connectivity index (χ1) is 9.74. The van der Waals surface area contributed by atoms with Crippen molar-refractivity contribution in [1.82, 2.24) is 0 Å². The van der Waals surface area contributed by atoms with E-state index in [4.69, 9.17) is 15.2 Å². The summed E-state index contributed by atoms with van der Waals surface area (Å²) >= 11 is 0. The highest BCUT2D eigenvalue weighted by molar-refractivity contribution is 5.69. The van der Waals surface area contributed by atoms with Gasteiger partial charge < -0.3 is 15.2 Å². The fourth-order valence-electron chi connectivity index (χ4n) is 2.45. The van der Waals surface area contributed by atoms with Crippen LogP contribution in [-0.4, -0.2) is 19.2 Å². The Morgan fingerprint density at radius 2 is 1.85 bits per heavy atom. The highest BCUT2D eigenvalue weighted by Gasteiger charge is 2.15. The molecular weight excluding hydrogens is 254 g/mol. The van der Waals surface area contributed by atoms with E-state index in [2.05, 4.69) is 0 Å². The van der Waals surface area contributed by atoms with Crippen LogP contribution in [0.4, 0.5) is 5.69 Å². The minimum absolute atomic E-state index is 0.175. The topological polar surface area (TPSA) is 61.5 Å². The first-order valence-electron chi connectivity index (χ1n) is 7.38. The molecule has 0 bridgehead atoms. The van der Waals surface area contributed by atoms with E-state index in [0.29, 0.717) is 24.8 Å². The molecule has 1 aliphatic rings. The molecule has 1 aromatic rings. The van der Waals surface area contributed by atoms with Gasteiger partial charge in [0.05, 0.1) is 19.6 Å². The molecule has 0 aromatic heterocycles. The zero-order chi connectivity index (χ0) is 14.2. The van der Waals surface area contributed by atoms with Crippen molar-refractivity contribution in [3.05, 3.63) is 24.3 Å². The Bertz CT molecular complexity index is 410. The van der Waals surface area contributed by atoms with Crippen molar-refractivity contribution in [3.63, 3.8) is 0 Å². The van der Waals surface area contributed by atoms with Gasteiger partial charge in [0.25, 0.3) is 0 Å². The zero-order valence-corrected chi connectivity index (χ0v) is 11.8. The van der Waals surface area contributed by atoms with E-state index in [0.717, 1.165) is 5.75 Å². The van der Waals surface area contributed by atoms with Crippen LogP contribution in [0.3, 0.4) is 0 Å². The highest BCUT2D eigenvalue weighted by atomic mass is 16.5. The monoisotopic (exact) mass is 277 g/mol. The normalized spacial score (nSPS) is 15.8. The second-order valence-electron chi connectivity index (χ2n) is 5.35. The molecule has 110 valence electrons. The molecule has 0 unspecified atom stereocenters. The van der Waals surface area contributed by atoms with Gasteiger partial charge in [-0.1, -0.05) is 19.3 Å². The number of rotatable bonds is 6. The van der Waals surface area contributed by atoms with Crippen molar-refractivity contribution in [2.75, 3.05) is 18.9 Å². The molecule has 2 N–H and O–H groups in total. The summed E-state index contributed by atoms with van der Waals surface area (Å²) in [7, 11) is 0. The minimum atomic E-state index is -0.175. The Morgan fingerprint density at radius 3 is 2.55 bits per heavy atom. The Labute approximate surface area is 120 Å². The van der Waals surface area contributed by atoms with Crippen LogP contribution in [0.15, 0.2) is 24.3 Å². The van der Waals surface area contributed by atoms with Gasteiger partial charge in [0, 0.05) is 5.69 Å². The molecule has 1 saturated carbocycles. The van der Waals surface area contributed by atoms with Crippen LogP contribution in [0.25, 0.3) is 0 Å². The molecule has 0 heterocycles. The molecule has 2 rings (SSSR count). The number of esters is 1. The summed E-state index contributed by atoms with van der Waals surface area (Å²) in [6, 6.07) is 7.14. The third-order valence-electron chi connectivity index (χ3n) is 3.66. The van der Waals surface area contributed by atoms with Gasteiger partial charge in [-0.05, 0) is 43.0 Å². The second-order valence-corrected chi connectivity index (χ2v) is 5.35. The number of hydrogen-bond donors (Lipinski definition) is 1. The van der Waals surface area contributed by atoms with Gasteiger partial charge in [0.2, 0.25) is 0 Å². The number of anilines is 1. The van der Waals surface area contributed by atoms with E-state index in [9.17, 15) is 4.79 Å². The molecule has 20 heavy (non-hydrogen) atoms. The first kappa shape index (κ1) is 14.7. The lowest BCUT2D eigenvalue weighted by molar-refractivity contribution is -0.145. The van der Waals surface area contributed by atoms with E-state index in [1.54, 1.807) is 24.3 Å². The molecule has 4 nitrogen and oxygen atoms in total. The van der Waals surface area contributed by atoms with Gasteiger partial charge in [-0.3, -0.25) is 4.79 Å². The number of ether oxygens (including phenoxy) is 2. The molecule has 1 fully saturated rings. The maximum absolute atomic E-state index is 11.6. The maximum Gasteiger partial charge on any atom is 0.309 e. The van der Waals surface area contributed by atoms with Crippen LogP contribution in [0, 0.1) is 5.92 Å². The SMILES string of the molecule is Nc1ccc(OCCC(=O)OCC2CCCCC2)cc1. The van der Waals surface area contributed by atoms with Crippen LogP contribution >= 0.6 is 0 Å². The lowest BCUT2D eigenvalue weighted by atomic mass is 9.90. The summed E-state index contributed by atoms with van der Waals surface area (Å²) in [5, 5.41) is 0. The summed E-state index contributed by atoms with van der Waals surface area (Å²) in [5.41, 5.74) is 6.28. The fraction of sp³-hybridized carbons (Fsp3) is 0.562. The molecule has 0 amide bonds. The fourth-order valence-corrected chi connectivity index (χ4v) is 2.45. The third-order valence-corrected chi connectivity index (χ3v) is 3.66. The molecule has 0 saturated heterocycles. The molecule has 0 radical (unpaired) electrons. The van der Waals surface area contributed by atoms with Gasteiger partial charge in [-0.25, -0.2) is 0 Å². The van der Waals surface area contributed by atoms with Gasteiger partial charge in [0.1, 0.15) is 5.75 Å². The Hall–Kier alpha value is -1.71. The number of benzene rings is 1. The van der Waals surface area contributed by atoms with E-state index >= 15 is 0 Å². The van der Waals surface area contributed by atoms with Gasteiger partial charge in [0.15, 0.2) is 0 Å². The predicted molar refractivity (Wildman–Crippen MR) is 78.5 cm³/mol. The number of carbonyl (C=O) groups is 1. The quantitative estimate of drug-likeness (QED) is 0.641. The van der Waals surface area contributed by atoms with Crippen molar-refractivity contribution < 1.29 is 14.3 Å². The van der Waals surface area contributed by atoms with Crippen LogP contribution in [0.5, 0.6) is 5.75 Å². The highest BCUT2D eigenvalue weighted by Crippen LogP contribution is 2.23. The summed E-state index contributed by atoms with van der Waals surface area (Å²) in [5.74, 6) is 1.11. The second kappa shape index (κ2) is 7.78. The summed E-state index contributed by atoms with van der Waals surface area (Å²) in [4.78, 5) is 11.6. The minimum Gasteiger partial charge on any atom is -0.493 e. The summed E-state index contributed by atoms with van der Waals surface area (Å²) in [6.07, 6.45) is 6.52. The molecule has 0 atom stereocenters. The molecule has 0 spiro atoms. The average molecular weight is 277 g/mol. The van der Waals surface area contributed by atoms with E-state index in [1.165, 1.54) is 32.1 Å². The van der Waals surface area contributed by atoms with Crippen molar-refractivity contribution in [1.29, 1.82) is 0 Å². The van der Waals surface area contributed by atoms with Crippen LogP contribution in [0.2, 0.25) is 0 Å². The molecule has 4 heteroatoms. The van der Waals surface area contributed by atoms with Crippen LogP contribution < -0.4 is 10.5 Å². The Morgan fingerprint density at radius 1 is 1.15 bits per heavy atom. The summed E-state index contributed by atoms with van der Waals surface area (Å²) < 4.78 is 10.8. The van der Waals surface area contributed by atoms with Gasteiger partial charge in [-0.2, -0.15) is 0 Å². The average Bonchev–Trinajstić information content (AvgIpc) is 2.48. The summed E-state index contributed by atoms with van der Waals surface area (Å²) in [6.45, 7) is 0.911. The van der Waals surface area contributed by atoms with E-state index in [1.807, 2.05) is 0 Å². The van der Waals surface area contributed by atoms with Crippen LogP contribution in [0.1, 0.15) is 38.5 Å². The predicted octanol–water partition coefficient (Wildman–Crippen LogP) is 3.16. The number of carbonyl (C=O) groups excluding carboxylic acids is 1. The number of hydrogen-bond acceptors (Lipinski definition) is 4. The van der Waals surface area contributed by atoms with Crippen molar-refractivity contribution >= 4 is 11.7 Å². The van der Waals surface area contributed by atoms with Crippen molar-refractivity contribution in [3.8, 4) is 5.75 Å². The number of nitrogens with two attached hydrogens (primary N) is 1. The largest absolute Gasteiger partial charge is 0.493 e. The first-order valence-corrected chi connectivity index (χ1v) is 7.38. The van der Waals surface area contributed by atoms with Crippen molar-refractivity contribution in [2.45, 2.75) is 38.5 Å². The van der Waals surface area contributed by atoms with E-state index in [-0.39, 0.29) is 12.4 Å². The van der Waals surface area contributed by atoms with Crippen molar-refractivity contribution in [2.24, 2.45) is 5.92 Å². The Kier molecular flexibility index (Phi) is 5.71. The Balaban J connectivity index is 1.58. The zero-order valence-electron chi connectivity index (χ0n) is 11.8. The standard InChI is InChI=1S/C16H23NO3/c17-14-6-8-15(9-7-14)19-11-10-16(18)20-12-13-4-2-1-3-5-13/h6-9,13H,1-5,10-12,17H2. The smallest absolute Gasteiger partial charge is 0.309 e. The maximum atomic E-state index is 11.6. The van der Waals surface area contributed by atoms with Gasteiger partial charge in [-0.15, -0.1) is 0 Å². The molecule has 1 aliphatic carbocycles. The lowest BCUT2D eigenvalue weighted by Gasteiger charge is -2.21. The van der Waals surface area contributed by atoms with Crippen LogP contribution in [-0.2, 0) is 9.53 Å². The number of nitrogen functional groups attached to an aromatic ring is 1. The van der Waals surface area contributed by atoms with E-state index < -0.39 is 0 Å². The third kappa shape index (κ3) is 5.11.